The van der Waals surface area contributed by atoms with Crippen molar-refractivity contribution < 1.29 is 0 Å². The van der Waals surface area contributed by atoms with Crippen LogP contribution in [0.15, 0.2) is 11.4 Å². The van der Waals surface area contributed by atoms with Crippen LogP contribution >= 0.6 is 11.8 Å². The molecular formula is C13H22N4S. The molecule has 18 heavy (non-hydrogen) atoms. The van der Waals surface area contributed by atoms with E-state index in [1.807, 2.05) is 11.8 Å². The SMILES string of the molecule is CC(C)c1c(NN)ncnc1SC1CCCCC1. The Kier molecular flexibility index (Phi) is 4.83. The lowest BCUT2D eigenvalue weighted by Gasteiger charge is -2.22. The lowest BCUT2D eigenvalue weighted by molar-refractivity contribution is 0.515. The number of anilines is 1. The van der Waals surface area contributed by atoms with Crippen LogP contribution in [0.25, 0.3) is 0 Å². The summed E-state index contributed by atoms with van der Waals surface area (Å²) >= 11 is 1.90. The summed E-state index contributed by atoms with van der Waals surface area (Å²) in [6.45, 7) is 4.31. The summed E-state index contributed by atoms with van der Waals surface area (Å²) in [5.74, 6) is 6.68. The van der Waals surface area contributed by atoms with E-state index in [0.717, 1.165) is 16.4 Å². The van der Waals surface area contributed by atoms with Crippen LogP contribution in [-0.4, -0.2) is 15.2 Å². The topological polar surface area (TPSA) is 63.8 Å². The molecule has 0 unspecified atom stereocenters. The molecule has 1 aliphatic rings. The normalized spacial score (nSPS) is 17.1. The Labute approximate surface area is 113 Å². The Hall–Kier alpha value is -0.810. The van der Waals surface area contributed by atoms with Gasteiger partial charge in [-0.05, 0) is 18.8 Å². The Morgan fingerprint density at radius 1 is 1.28 bits per heavy atom. The molecule has 4 nitrogen and oxygen atoms in total. The lowest BCUT2D eigenvalue weighted by Crippen LogP contribution is -2.14. The number of nitrogens with zero attached hydrogens (tertiary/aromatic N) is 2. The monoisotopic (exact) mass is 266 g/mol. The highest BCUT2D eigenvalue weighted by atomic mass is 32.2. The second kappa shape index (κ2) is 6.38. The Balaban J connectivity index is 2.20. The minimum atomic E-state index is 0.378. The van der Waals surface area contributed by atoms with Gasteiger partial charge in [0.1, 0.15) is 17.2 Å². The van der Waals surface area contributed by atoms with E-state index in [-0.39, 0.29) is 0 Å². The number of hydrazine groups is 1. The van der Waals surface area contributed by atoms with Crippen molar-refractivity contribution in [2.45, 2.75) is 62.1 Å². The van der Waals surface area contributed by atoms with E-state index in [0.29, 0.717) is 11.2 Å². The largest absolute Gasteiger partial charge is 0.308 e. The molecule has 0 amide bonds. The Morgan fingerprint density at radius 2 is 2.00 bits per heavy atom. The summed E-state index contributed by atoms with van der Waals surface area (Å²) < 4.78 is 0. The second-order valence-corrected chi connectivity index (χ2v) is 6.41. The maximum atomic E-state index is 5.54. The predicted molar refractivity (Wildman–Crippen MR) is 76.7 cm³/mol. The van der Waals surface area contributed by atoms with Gasteiger partial charge in [-0.25, -0.2) is 15.8 Å². The van der Waals surface area contributed by atoms with Gasteiger partial charge < -0.3 is 5.43 Å². The van der Waals surface area contributed by atoms with Crippen LogP contribution in [0.3, 0.4) is 0 Å². The zero-order valence-corrected chi connectivity index (χ0v) is 12.0. The third-order valence-corrected chi connectivity index (χ3v) is 4.75. The summed E-state index contributed by atoms with van der Waals surface area (Å²) in [4.78, 5) is 8.67. The number of hydrogen-bond acceptors (Lipinski definition) is 5. The highest BCUT2D eigenvalue weighted by molar-refractivity contribution is 7.99. The van der Waals surface area contributed by atoms with Crippen molar-refractivity contribution >= 4 is 17.6 Å². The fraction of sp³-hybridized carbons (Fsp3) is 0.692. The Morgan fingerprint density at radius 3 is 2.61 bits per heavy atom. The summed E-state index contributed by atoms with van der Waals surface area (Å²) in [6.07, 6.45) is 8.29. The van der Waals surface area contributed by atoms with Crippen molar-refractivity contribution in [3.8, 4) is 0 Å². The van der Waals surface area contributed by atoms with Gasteiger partial charge >= 0.3 is 0 Å². The van der Waals surface area contributed by atoms with Gasteiger partial charge in [0.25, 0.3) is 0 Å². The van der Waals surface area contributed by atoms with Crippen molar-refractivity contribution in [2.24, 2.45) is 5.84 Å². The third-order valence-electron chi connectivity index (χ3n) is 3.39. The van der Waals surface area contributed by atoms with E-state index in [1.54, 1.807) is 6.33 Å². The van der Waals surface area contributed by atoms with E-state index in [2.05, 4.69) is 29.2 Å². The molecule has 1 heterocycles. The van der Waals surface area contributed by atoms with Gasteiger partial charge in [-0.1, -0.05) is 33.1 Å². The molecule has 100 valence electrons. The van der Waals surface area contributed by atoms with Gasteiger partial charge in [0.2, 0.25) is 0 Å². The van der Waals surface area contributed by atoms with Crippen LogP contribution in [0, 0.1) is 0 Å². The van der Waals surface area contributed by atoms with Crippen LogP contribution in [0.1, 0.15) is 57.4 Å². The van der Waals surface area contributed by atoms with Gasteiger partial charge in [0.05, 0.1) is 0 Å². The lowest BCUT2D eigenvalue weighted by atomic mass is 10.0. The molecule has 0 bridgehead atoms. The van der Waals surface area contributed by atoms with Crippen molar-refractivity contribution in [3.63, 3.8) is 0 Å². The van der Waals surface area contributed by atoms with E-state index in [1.165, 1.54) is 32.1 Å². The zero-order valence-electron chi connectivity index (χ0n) is 11.1. The van der Waals surface area contributed by atoms with Crippen molar-refractivity contribution in [2.75, 3.05) is 5.43 Å². The second-order valence-electron chi connectivity index (χ2n) is 5.12. The molecule has 1 aromatic rings. The smallest absolute Gasteiger partial charge is 0.147 e. The van der Waals surface area contributed by atoms with Gasteiger partial charge in [-0.3, -0.25) is 0 Å². The molecule has 1 aromatic heterocycles. The standard InChI is InChI=1S/C13H22N4S/c1-9(2)11-12(17-14)15-8-16-13(11)18-10-6-4-3-5-7-10/h8-10H,3-7,14H2,1-2H3,(H,15,16,17). The minimum absolute atomic E-state index is 0.378. The van der Waals surface area contributed by atoms with Gasteiger partial charge in [0.15, 0.2) is 0 Å². The summed E-state index contributed by atoms with van der Waals surface area (Å²) in [7, 11) is 0. The Bertz CT molecular complexity index is 389. The van der Waals surface area contributed by atoms with Gasteiger partial charge in [-0.2, -0.15) is 0 Å². The van der Waals surface area contributed by atoms with Crippen LogP contribution in [-0.2, 0) is 0 Å². The first-order valence-corrected chi connectivity index (χ1v) is 7.58. The first-order chi connectivity index (χ1) is 8.72. The number of rotatable bonds is 4. The number of thioether (sulfide) groups is 1. The number of nitrogen functional groups attached to an aromatic ring is 1. The molecule has 1 saturated carbocycles. The average Bonchev–Trinajstić information content (AvgIpc) is 2.39. The molecule has 0 aromatic carbocycles. The maximum Gasteiger partial charge on any atom is 0.147 e. The van der Waals surface area contributed by atoms with Crippen LogP contribution < -0.4 is 11.3 Å². The molecule has 2 rings (SSSR count). The van der Waals surface area contributed by atoms with E-state index in [9.17, 15) is 0 Å². The fourth-order valence-corrected chi connectivity index (χ4v) is 3.90. The third kappa shape index (κ3) is 3.14. The van der Waals surface area contributed by atoms with Crippen LogP contribution in [0.2, 0.25) is 0 Å². The van der Waals surface area contributed by atoms with Crippen LogP contribution in [0.4, 0.5) is 5.82 Å². The molecule has 0 atom stereocenters. The van der Waals surface area contributed by atoms with Gasteiger partial charge in [0, 0.05) is 10.8 Å². The number of hydrogen-bond donors (Lipinski definition) is 2. The first-order valence-electron chi connectivity index (χ1n) is 6.70. The average molecular weight is 266 g/mol. The van der Waals surface area contributed by atoms with Gasteiger partial charge in [-0.15, -0.1) is 11.8 Å². The number of nitrogens with one attached hydrogen (secondary N) is 1. The minimum Gasteiger partial charge on any atom is -0.308 e. The van der Waals surface area contributed by atoms with Crippen molar-refractivity contribution in [1.82, 2.24) is 9.97 Å². The molecule has 0 saturated heterocycles. The molecule has 5 heteroatoms. The summed E-state index contributed by atoms with van der Waals surface area (Å²) in [6, 6.07) is 0. The quantitative estimate of drug-likeness (QED) is 0.497. The first kappa shape index (κ1) is 13.6. The fourth-order valence-electron chi connectivity index (χ4n) is 2.45. The number of aromatic nitrogens is 2. The molecule has 0 aliphatic heterocycles. The molecule has 3 N–H and O–H groups in total. The predicted octanol–water partition coefficient (Wildman–Crippen LogP) is 3.31. The summed E-state index contributed by atoms with van der Waals surface area (Å²) in [5.41, 5.74) is 3.84. The molecular weight excluding hydrogens is 244 g/mol. The van der Waals surface area contributed by atoms with E-state index >= 15 is 0 Å². The van der Waals surface area contributed by atoms with E-state index < -0.39 is 0 Å². The van der Waals surface area contributed by atoms with E-state index in [4.69, 9.17) is 5.84 Å². The zero-order chi connectivity index (χ0) is 13.0. The van der Waals surface area contributed by atoms with Crippen molar-refractivity contribution in [3.05, 3.63) is 11.9 Å². The molecule has 1 aliphatic carbocycles. The molecule has 1 fully saturated rings. The summed E-state index contributed by atoms with van der Waals surface area (Å²) in [5, 5.41) is 1.80. The highest BCUT2D eigenvalue weighted by Gasteiger charge is 2.20. The highest BCUT2D eigenvalue weighted by Crippen LogP contribution is 2.37. The molecule has 0 radical (unpaired) electrons. The van der Waals surface area contributed by atoms with Crippen LogP contribution in [0.5, 0.6) is 0 Å². The number of nitrogens with two attached hydrogens (primary N) is 1. The maximum absolute atomic E-state index is 5.54. The van der Waals surface area contributed by atoms with Crippen molar-refractivity contribution in [1.29, 1.82) is 0 Å². The molecule has 0 spiro atoms.